The Labute approximate surface area is 136 Å². The molecule has 0 unspecified atom stereocenters. The van der Waals surface area contributed by atoms with Gasteiger partial charge in [0.1, 0.15) is 0 Å². The van der Waals surface area contributed by atoms with Gasteiger partial charge in [-0.1, -0.05) is 6.07 Å². The SMILES string of the molecule is CCOc1ccc(CCNC(=O)N(CCN)C(C)=O)cc1OC. The average molecular weight is 323 g/mol. The second-order valence-corrected chi connectivity index (χ2v) is 4.86. The van der Waals surface area contributed by atoms with Crippen LogP contribution in [0.2, 0.25) is 0 Å². The molecule has 0 heterocycles. The van der Waals surface area contributed by atoms with Crippen LogP contribution >= 0.6 is 0 Å². The smallest absolute Gasteiger partial charge is 0.324 e. The molecule has 23 heavy (non-hydrogen) atoms. The van der Waals surface area contributed by atoms with Crippen LogP contribution in [0.1, 0.15) is 19.4 Å². The molecule has 0 aliphatic carbocycles. The molecule has 0 saturated heterocycles. The lowest BCUT2D eigenvalue weighted by atomic mass is 10.1. The van der Waals surface area contributed by atoms with E-state index >= 15 is 0 Å². The van der Waals surface area contributed by atoms with E-state index in [4.69, 9.17) is 15.2 Å². The molecule has 0 saturated carbocycles. The summed E-state index contributed by atoms with van der Waals surface area (Å²) in [4.78, 5) is 24.4. The maximum Gasteiger partial charge on any atom is 0.324 e. The average Bonchev–Trinajstić information content (AvgIpc) is 2.53. The Morgan fingerprint density at radius 2 is 2.04 bits per heavy atom. The molecule has 0 aromatic heterocycles. The minimum atomic E-state index is -0.430. The van der Waals surface area contributed by atoms with Crippen molar-refractivity contribution < 1.29 is 19.1 Å². The van der Waals surface area contributed by atoms with Crippen LogP contribution in [0.3, 0.4) is 0 Å². The Hall–Kier alpha value is -2.28. The zero-order valence-electron chi connectivity index (χ0n) is 13.9. The second kappa shape index (κ2) is 9.68. The molecule has 0 bridgehead atoms. The van der Waals surface area contributed by atoms with Crippen LogP contribution in [-0.4, -0.2) is 50.2 Å². The highest BCUT2D eigenvalue weighted by molar-refractivity contribution is 5.93. The summed E-state index contributed by atoms with van der Waals surface area (Å²) in [6, 6.07) is 5.21. The van der Waals surface area contributed by atoms with Gasteiger partial charge in [0.05, 0.1) is 13.7 Å². The highest BCUT2D eigenvalue weighted by Gasteiger charge is 2.16. The van der Waals surface area contributed by atoms with Gasteiger partial charge in [-0.2, -0.15) is 0 Å². The third-order valence-electron chi connectivity index (χ3n) is 3.20. The van der Waals surface area contributed by atoms with Crippen LogP contribution in [-0.2, 0) is 11.2 Å². The fraction of sp³-hybridized carbons (Fsp3) is 0.500. The number of imide groups is 1. The number of amides is 3. The predicted octanol–water partition coefficient (Wildman–Crippen LogP) is 1.15. The van der Waals surface area contributed by atoms with E-state index in [1.807, 2.05) is 25.1 Å². The summed E-state index contributed by atoms with van der Waals surface area (Å²) in [5, 5.41) is 2.71. The van der Waals surface area contributed by atoms with E-state index in [0.717, 1.165) is 10.5 Å². The van der Waals surface area contributed by atoms with Crippen molar-refractivity contribution in [2.24, 2.45) is 5.73 Å². The summed E-state index contributed by atoms with van der Waals surface area (Å²) in [6.07, 6.45) is 0.614. The number of nitrogens with zero attached hydrogens (tertiary/aromatic N) is 1. The van der Waals surface area contributed by atoms with Crippen molar-refractivity contribution in [3.63, 3.8) is 0 Å². The minimum absolute atomic E-state index is 0.206. The van der Waals surface area contributed by atoms with Gasteiger partial charge >= 0.3 is 6.03 Å². The van der Waals surface area contributed by atoms with Crippen LogP contribution in [0.25, 0.3) is 0 Å². The van der Waals surface area contributed by atoms with Crippen molar-refractivity contribution in [1.29, 1.82) is 0 Å². The normalized spacial score (nSPS) is 10.1. The number of ether oxygens (including phenoxy) is 2. The van der Waals surface area contributed by atoms with Crippen molar-refractivity contribution >= 4 is 11.9 Å². The lowest BCUT2D eigenvalue weighted by molar-refractivity contribution is -0.125. The number of methoxy groups -OCH3 is 1. The van der Waals surface area contributed by atoms with Gasteiger partial charge in [0.2, 0.25) is 5.91 Å². The maximum atomic E-state index is 11.9. The van der Waals surface area contributed by atoms with E-state index in [9.17, 15) is 9.59 Å². The van der Waals surface area contributed by atoms with Gasteiger partial charge in [0.25, 0.3) is 0 Å². The van der Waals surface area contributed by atoms with Gasteiger partial charge in [-0.15, -0.1) is 0 Å². The number of nitrogens with two attached hydrogens (primary N) is 1. The minimum Gasteiger partial charge on any atom is -0.493 e. The second-order valence-electron chi connectivity index (χ2n) is 4.86. The molecule has 0 aliphatic rings. The van der Waals surface area contributed by atoms with Crippen LogP contribution in [0, 0.1) is 0 Å². The molecule has 0 fully saturated rings. The summed E-state index contributed by atoms with van der Waals surface area (Å²) in [5.74, 6) is 1.02. The number of carbonyl (C=O) groups is 2. The molecular weight excluding hydrogens is 298 g/mol. The fourth-order valence-corrected chi connectivity index (χ4v) is 2.08. The highest BCUT2D eigenvalue weighted by atomic mass is 16.5. The summed E-state index contributed by atoms with van der Waals surface area (Å²) >= 11 is 0. The molecule has 1 aromatic rings. The van der Waals surface area contributed by atoms with Gasteiger partial charge < -0.3 is 20.5 Å². The van der Waals surface area contributed by atoms with Crippen LogP contribution in [0.15, 0.2) is 18.2 Å². The molecule has 0 spiro atoms. The third-order valence-corrected chi connectivity index (χ3v) is 3.20. The first-order valence-electron chi connectivity index (χ1n) is 7.59. The Balaban J connectivity index is 2.58. The van der Waals surface area contributed by atoms with E-state index in [1.165, 1.54) is 6.92 Å². The van der Waals surface area contributed by atoms with Crippen LogP contribution < -0.4 is 20.5 Å². The molecule has 1 aromatic carbocycles. The monoisotopic (exact) mass is 323 g/mol. The predicted molar refractivity (Wildman–Crippen MR) is 87.7 cm³/mol. The van der Waals surface area contributed by atoms with Gasteiger partial charge in [-0.25, -0.2) is 4.79 Å². The molecule has 0 atom stereocenters. The number of hydrogen-bond acceptors (Lipinski definition) is 5. The van der Waals surface area contributed by atoms with E-state index in [0.29, 0.717) is 31.1 Å². The first-order chi connectivity index (χ1) is 11.0. The van der Waals surface area contributed by atoms with Crippen LogP contribution in [0.4, 0.5) is 4.79 Å². The zero-order chi connectivity index (χ0) is 17.2. The largest absolute Gasteiger partial charge is 0.493 e. The van der Waals surface area contributed by atoms with Crippen molar-refractivity contribution in [2.45, 2.75) is 20.3 Å². The van der Waals surface area contributed by atoms with E-state index < -0.39 is 6.03 Å². The van der Waals surface area contributed by atoms with Crippen molar-refractivity contribution in [2.75, 3.05) is 33.4 Å². The number of urea groups is 1. The number of rotatable bonds is 8. The Bertz CT molecular complexity index is 534. The molecule has 1 rings (SSSR count). The van der Waals surface area contributed by atoms with Crippen molar-refractivity contribution in [3.05, 3.63) is 23.8 Å². The maximum absolute atomic E-state index is 11.9. The quantitative estimate of drug-likeness (QED) is 0.748. The molecular formula is C16H25N3O4. The Morgan fingerprint density at radius 3 is 2.61 bits per heavy atom. The Kier molecular flexibility index (Phi) is 7.90. The summed E-state index contributed by atoms with van der Waals surface area (Å²) in [5.41, 5.74) is 6.39. The topological polar surface area (TPSA) is 93.9 Å². The van der Waals surface area contributed by atoms with E-state index in [-0.39, 0.29) is 19.0 Å². The van der Waals surface area contributed by atoms with Crippen LogP contribution in [0.5, 0.6) is 11.5 Å². The van der Waals surface area contributed by atoms with E-state index in [1.54, 1.807) is 7.11 Å². The third kappa shape index (κ3) is 5.78. The van der Waals surface area contributed by atoms with Gasteiger partial charge in [-0.05, 0) is 31.0 Å². The van der Waals surface area contributed by atoms with Gasteiger partial charge in [0.15, 0.2) is 11.5 Å². The van der Waals surface area contributed by atoms with Gasteiger partial charge in [0, 0.05) is 26.6 Å². The lowest BCUT2D eigenvalue weighted by Crippen LogP contribution is -2.45. The fourth-order valence-electron chi connectivity index (χ4n) is 2.08. The number of nitrogens with one attached hydrogen (secondary N) is 1. The summed E-state index contributed by atoms with van der Waals surface area (Å²) in [6.45, 7) is 4.66. The van der Waals surface area contributed by atoms with E-state index in [2.05, 4.69) is 5.32 Å². The molecule has 3 N–H and O–H groups in total. The zero-order valence-corrected chi connectivity index (χ0v) is 13.9. The standard InChI is InChI=1S/C16H25N3O4/c1-4-23-14-6-5-13(11-15(14)22-3)7-9-18-16(21)19(10-8-17)12(2)20/h5-6,11H,4,7-10,17H2,1-3H3,(H,18,21). The Morgan fingerprint density at radius 1 is 1.30 bits per heavy atom. The first-order valence-corrected chi connectivity index (χ1v) is 7.59. The molecule has 0 radical (unpaired) electrons. The van der Waals surface area contributed by atoms with Crippen molar-refractivity contribution in [3.8, 4) is 11.5 Å². The summed E-state index contributed by atoms with van der Waals surface area (Å²) in [7, 11) is 1.58. The summed E-state index contributed by atoms with van der Waals surface area (Å²) < 4.78 is 10.7. The number of benzene rings is 1. The van der Waals surface area contributed by atoms with Gasteiger partial charge in [-0.3, -0.25) is 9.69 Å². The lowest BCUT2D eigenvalue weighted by Gasteiger charge is -2.18. The highest BCUT2D eigenvalue weighted by Crippen LogP contribution is 2.28. The molecule has 7 heteroatoms. The van der Waals surface area contributed by atoms with Crippen molar-refractivity contribution in [1.82, 2.24) is 10.2 Å². The number of carbonyl (C=O) groups excluding carboxylic acids is 2. The first kappa shape index (κ1) is 18.8. The number of hydrogen-bond donors (Lipinski definition) is 2. The molecule has 0 aliphatic heterocycles. The molecule has 3 amide bonds. The molecule has 128 valence electrons. The molecule has 7 nitrogen and oxygen atoms in total.